The number of likely N-dealkylation sites (tertiary alicyclic amines) is 1. The normalized spacial score (nSPS) is 31.1. The van der Waals surface area contributed by atoms with Gasteiger partial charge in [-0.1, -0.05) is 6.07 Å². The Morgan fingerprint density at radius 2 is 2.17 bits per heavy atom. The number of hydrazine groups is 1. The molecule has 7 nitrogen and oxygen atoms in total. The lowest BCUT2D eigenvalue weighted by Crippen LogP contribution is -2.52. The van der Waals surface area contributed by atoms with Gasteiger partial charge in [0.2, 0.25) is 5.91 Å². The maximum Gasteiger partial charge on any atom is 0.242 e. The van der Waals surface area contributed by atoms with Crippen LogP contribution in [0.1, 0.15) is 23.3 Å². The number of amides is 1. The van der Waals surface area contributed by atoms with Gasteiger partial charge in [-0.25, -0.2) is 10.9 Å². The van der Waals surface area contributed by atoms with E-state index in [4.69, 9.17) is 17.3 Å². The van der Waals surface area contributed by atoms with E-state index in [9.17, 15) is 9.59 Å². The first-order valence-electron chi connectivity index (χ1n) is 7.72. The number of alkyl halides is 1. The molecule has 1 amide bonds. The molecular weight excluding hydrogens is 318 g/mol. The molecule has 124 valence electrons. The molecule has 4 atom stereocenters. The van der Waals surface area contributed by atoms with Crippen molar-refractivity contribution >= 4 is 23.3 Å². The minimum Gasteiger partial charge on any atom is -0.341 e. The Morgan fingerprint density at radius 3 is 2.83 bits per heavy atom. The van der Waals surface area contributed by atoms with Gasteiger partial charge in [-0.3, -0.25) is 14.6 Å². The average molecular weight is 338 g/mol. The molecule has 8 heteroatoms. The van der Waals surface area contributed by atoms with E-state index >= 15 is 0 Å². The van der Waals surface area contributed by atoms with Gasteiger partial charge < -0.3 is 10.6 Å². The summed E-state index contributed by atoms with van der Waals surface area (Å²) in [5.74, 6) is -0.358. The quantitative estimate of drug-likeness (QED) is 0.525. The monoisotopic (exact) mass is 337 g/mol. The number of hydrogen-bond acceptors (Lipinski definition) is 6. The molecule has 2 aliphatic rings. The Morgan fingerprint density at radius 1 is 1.35 bits per heavy atom. The summed E-state index contributed by atoms with van der Waals surface area (Å²) in [7, 11) is 0. The van der Waals surface area contributed by atoms with Gasteiger partial charge in [0.25, 0.3) is 0 Å². The van der Waals surface area contributed by atoms with E-state index in [1.807, 2.05) is 0 Å². The number of rotatable bonds is 3. The minimum atomic E-state index is -0.574. The van der Waals surface area contributed by atoms with Crippen LogP contribution in [0.3, 0.4) is 0 Å². The van der Waals surface area contributed by atoms with Crippen molar-refractivity contribution in [1.82, 2.24) is 20.7 Å². The molecule has 2 fully saturated rings. The van der Waals surface area contributed by atoms with Crippen LogP contribution in [0.2, 0.25) is 0 Å². The molecule has 3 rings (SSSR count). The molecule has 0 saturated carbocycles. The molecule has 2 aliphatic heterocycles. The van der Waals surface area contributed by atoms with Crippen LogP contribution in [0, 0.1) is 5.92 Å². The molecule has 4 N–H and O–H groups in total. The Bertz CT molecular complexity index is 584. The third-order valence-electron chi connectivity index (χ3n) is 4.35. The summed E-state index contributed by atoms with van der Waals surface area (Å²) >= 11 is 6.16. The number of carbonyl (C=O) groups excluding carboxylic acids is 2. The first-order valence-corrected chi connectivity index (χ1v) is 8.16. The highest BCUT2D eigenvalue weighted by molar-refractivity contribution is 6.23. The second kappa shape index (κ2) is 6.92. The van der Waals surface area contributed by atoms with Gasteiger partial charge in [-0.05, 0) is 25.0 Å². The van der Waals surface area contributed by atoms with Crippen molar-refractivity contribution in [2.24, 2.45) is 11.7 Å². The van der Waals surface area contributed by atoms with Crippen molar-refractivity contribution in [3.8, 4) is 0 Å². The molecule has 1 aromatic heterocycles. The zero-order chi connectivity index (χ0) is 16.4. The Hall–Kier alpha value is -1.54. The lowest BCUT2D eigenvalue weighted by molar-refractivity contribution is -0.134. The number of aromatic nitrogens is 1. The van der Waals surface area contributed by atoms with Gasteiger partial charge >= 0.3 is 0 Å². The molecule has 4 unspecified atom stereocenters. The topological polar surface area (TPSA) is 100 Å². The van der Waals surface area contributed by atoms with Gasteiger partial charge in [-0.15, -0.1) is 11.6 Å². The fourth-order valence-corrected chi connectivity index (χ4v) is 3.29. The summed E-state index contributed by atoms with van der Waals surface area (Å²) in [6.07, 6.45) is 2.68. The molecule has 0 spiro atoms. The third kappa shape index (κ3) is 3.37. The van der Waals surface area contributed by atoms with Crippen molar-refractivity contribution in [3.63, 3.8) is 0 Å². The van der Waals surface area contributed by atoms with Gasteiger partial charge in [-0.2, -0.15) is 0 Å². The smallest absolute Gasteiger partial charge is 0.242 e. The number of ketones is 1. The van der Waals surface area contributed by atoms with Crippen LogP contribution in [0.25, 0.3) is 0 Å². The standard InChI is InChI=1S/C15H20ClN5O2/c16-11-12(19-20-14(11)17)15(23)21-7-3-4-9(8-21)13(22)10-5-1-2-6-18-10/h1-2,5-6,9,11-12,14,19-20H,3-4,7-8,17H2. The van der Waals surface area contributed by atoms with E-state index in [2.05, 4.69) is 15.8 Å². The highest BCUT2D eigenvalue weighted by atomic mass is 35.5. The molecule has 2 saturated heterocycles. The van der Waals surface area contributed by atoms with E-state index in [-0.39, 0.29) is 17.6 Å². The number of halogens is 1. The van der Waals surface area contributed by atoms with Crippen LogP contribution in [-0.4, -0.2) is 52.2 Å². The van der Waals surface area contributed by atoms with Crippen LogP contribution < -0.4 is 16.6 Å². The summed E-state index contributed by atoms with van der Waals surface area (Å²) < 4.78 is 0. The van der Waals surface area contributed by atoms with Crippen LogP contribution >= 0.6 is 11.6 Å². The largest absolute Gasteiger partial charge is 0.341 e. The van der Waals surface area contributed by atoms with E-state index in [1.165, 1.54) is 0 Å². The van der Waals surface area contributed by atoms with Gasteiger partial charge in [0.05, 0.1) is 11.5 Å². The summed E-state index contributed by atoms with van der Waals surface area (Å²) in [6, 6.07) is 4.70. The highest BCUT2D eigenvalue weighted by Gasteiger charge is 2.40. The van der Waals surface area contributed by atoms with Crippen molar-refractivity contribution in [2.45, 2.75) is 30.4 Å². The Balaban J connectivity index is 1.66. The SMILES string of the molecule is NC1NNC(C(=O)N2CCCC(C(=O)c3ccccn3)C2)C1Cl. The molecule has 0 bridgehead atoms. The van der Waals surface area contributed by atoms with Crippen LogP contribution in [-0.2, 0) is 4.79 Å². The lowest BCUT2D eigenvalue weighted by Gasteiger charge is -2.34. The molecular formula is C15H20ClN5O2. The number of nitrogens with two attached hydrogens (primary N) is 1. The molecule has 0 aliphatic carbocycles. The summed E-state index contributed by atoms with van der Waals surface area (Å²) in [5.41, 5.74) is 11.8. The van der Waals surface area contributed by atoms with Crippen LogP contribution in [0.15, 0.2) is 24.4 Å². The summed E-state index contributed by atoms with van der Waals surface area (Å²) in [4.78, 5) is 31.0. The predicted molar refractivity (Wildman–Crippen MR) is 85.5 cm³/mol. The zero-order valence-corrected chi connectivity index (χ0v) is 13.4. The van der Waals surface area contributed by atoms with E-state index in [0.717, 1.165) is 12.8 Å². The fraction of sp³-hybridized carbons (Fsp3) is 0.533. The number of nitrogens with one attached hydrogen (secondary N) is 2. The number of Topliss-reactive ketones (excluding diaryl/α,β-unsaturated/α-hetero) is 1. The third-order valence-corrected chi connectivity index (χ3v) is 4.88. The maximum absolute atomic E-state index is 12.6. The Labute approximate surface area is 139 Å². The van der Waals surface area contributed by atoms with Gasteiger partial charge in [0.15, 0.2) is 5.78 Å². The van der Waals surface area contributed by atoms with Crippen molar-refractivity contribution in [2.75, 3.05) is 13.1 Å². The number of nitrogens with zero attached hydrogens (tertiary/aromatic N) is 2. The average Bonchev–Trinajstić information content (AvgIpc) is 2.93. The second-order valence-corrected chi connectivity index (χ2v) is 6.44. The number of piperidine rings is 1. The molecule has 1 aromatic rings. The van der Waals surface area contributed by atoms with Crippen molar-refractivity contribution in [3.05, 3.63) is 30.1 Å². The minimum absolute atomic E-state index is 0.0141. The molecule has 3 heterocycles. The van der Waals surface area contributed by atoms with E-state index in [1.54, 1.807) is 29.3 Å². The van der Waals surface area contributed by atoms with Crippen molar-refractivity contribution < 1.29 is 9.59 Å². The number of pyridine rings is 1. The molecule has 0 radical (unpaired) electrons. The molecule has 23 heavy (non-hydrogen) atoms. The van der Waals surface area contributed by atoms with E-state index in [0.29, 0.717) is 18.8 Å². The number of hydrogen-bond donors (Lipinski definition) is 3. The van der Waals surface area contributed by atoms with Crippen molar-refractivity contribution in [1.29, 1.82) is 0 Å². The first kappa shape index (κ1) is 16.3. The second-order valence-electron chi connectivity index (χ2n) is 5.94. The van der Waals surface area contributed by atoms with E-state index < -0.39 is 17.6 Å². The van der Waals surface area contributed by atoms with Crippen LogP contribution in [0.4, 0.5) is 0 Å². The predicted octanol–water partition coefficient (Wildman–Crippen LogP) is -0.128. The highest BCUT2D eigenvalue weighted by Crippen LogP contribution is 2.22. The molecule has 0 aromatic carbocycles. The zero-order valence-electron chi connectivity index (χ0n) is 12.6. The van der Waals surface area contributed by atoms with Gasteiger partial charge in [0.1, 0.15) is 11.7 Å². The number of carbonyl (C=O) groups is 2. The maximum atomic E-state index is 12.6. The van der Waals surface area contributed by atoms with Gasteiger partial charge in [0, 0.05) is 25.2 Å². The lowest BCUT2D eigenvalue weighted by atomic mass is 9.91. The first-order chi connectivity index (χ1) is 11.1. The van der Waals surface area contributed by atoms with Crippen LogP contribution in [0.5, 0.6) is 0 Å². The summed E-state index contributed by atoms with van der Waals surface area (Å²) in [6.45, 7) is 1.02. The fourth-order valence-electron chi connectivity index (χ4n) is 3.06. The summed E-state index contributed by atoms with van der Waals surface area (Å²) in [5, 5.41) is -0.519. The Kier molecular flexibility index (Phi) is 4.91.